The zero-order chi connectivity index (χ0) is 12.4. The number of nitrogen functional groups attached to an aromatic ring is 1. The van der Waals surface area contributed by atoms with Crippen LogP contribution in [0.1, 0.15) is 21.6 Å². The predicted molar refractivity (Wildman–Crippen MR) is 68.9 cm³/mol. The van der Waals surface area contributed by atoms with Crippen LogP contribution in [0.5, 0.6) is 0 Å². The molecule has 17 heavy (non-hydrogen) atoms. The van der Waals surface area contributed by atoms with Gasteiger partial charge in [-0.15, -0.1) is 0 Å². The molecule has 1 heterocycles. The maximum Gasteiger partial charge on any atom is 0.168 e. The van der Waals surface area contributed by atoms with Crippen LogP contribution in [0, 0.1) is 13.8 Å². The number of aldehydes is 1. The summed E-state index contributed by atoms with van der Waals surface area (Å²) in [4.78, 5) is 14.6. The summed E-state index contributed by atoms with van der Waals surface area (Å²) in [6.45, 7) is 4.08. The minimum absolute atomic E-state index is 0.437. The van der Waals surface area contributed by atoms with Crippen molar-refractivity contribution in [2.75, 3.05) is 5.73 Å². The van der Waals surface area contributed by atoms with Crippen LogP contribution in [0.4, 0.5) is 5.69 Å². The van der Waals surface area contributed by atoms with E-state index in [-0.39, 0.29) is 0 Å². The Hall–Kier alpha value is -2.16. The summed E-state index contributed by atoms with van der Waals surface area (Å²) < 4.78 is 0. The number of benzene rings is 1. The fourth-order valence-corrected chi connectivity index (χ4v) is 1.82. The van der Waals surface area contributed by atoms with Crippen LogP contribution in [0.2, 0.25) is 0 Å². The van der Waals surface area contributed by atoms with E-state index in [2.05, 4.69) is 11.9 Å². The lowest BCUT2D eigenvalue weighted by Crippen LogP contribution is -1.94. The summed E-state index contributed by atoms with van der Waals surface area (Å²) in [6, 6.07) is 7.48. The molecule has 0 aliphatic heterocycles. The van der Waals surface area contributed by atoms with Gasteiger partial charge in [-0.25, -0.2) is 0 Å². The first kappa shape index (κ1) is 11.3. The maximum absolute atomic E-state index is 10.5. The number of carbonyl (C=O) groups excluding carboxylic acids is 1. The van der Waals surface area contributed by atoms with E-state index >= 15 is 0 Å². The highest BCUT2D eigenvalue weighted by atomic mass is 16.1. The number of hydrogen-bond donors (Lipinski definition) is 1. The quantitative estimate of drug-likeness (QED) is 0.632. The van der Waals surface area contributed by atoms with Gasteiger partial charge in [0.05, 0.1) is 0 Å². The van der Waals surface area contributed by atoms with Gasteiger partial charge in [-0.1, -0.05) is 6.07 Å². The van der Waals surface area contributed by atoms with E-state index in [0.717, 1.165) is 28.7 Å². The Labute approximate surface area is 100 Å². The highest BCUT2D eigenvalue weighted by Crippen LogP contribution is 2.27. The summed E-state index contributed by atoms with van der Waals surface area (Å²) in [6.07, 6.45) is 2.44. The van der Waals surface area contributed by atoms with Gasteiger partial charge in [0.25, 0.3) is 0 Å². The lowest BCUT2D eigenvalue weighted by atomic mass is 9.97. The van der Waals surface area contributed by atoms with Gasteiger partial charge in [0.2, 0.25) is 0 Å². The highest BCUT2D eigenvalue weighted by Gasteiger charge is 2.06. The molecule has 0 aliphatic carbocycles. The van der Waals surface area contributed by atoms with E-state index in [1.165, 1.54) is 5.56 Å². The smallest absolute Gasteiger partial charge is 0.168 e. The van der Waals surface area contributed by atoms with Crippen molar-refractivity contribution < 1.29 is 4.79 Å². The molecule has 86 valence electrons. The number of hydrogen-bond acceptors (Lipinski definition) is 3. The number of aromatic nitrogens is 1. The minimum Gasteiger partial charge on any atom is -0.399 e. The maximum atomic E-state index is 10.5. The van der Waals surface area contributed by atoms with Crippen molar-refractivity contribution in [3.05, 3.63) is 47.3 Å². The number of nitrogens with zero attached hydrogens (tertiary/aromatic N) is 1. The number of nitrogens with two attached hydrogens (primary N) is 1. The predicted octanol–water partition coefficient (Wildman–Crippen LogP) is 2.76. The SMILES string of the molecule is Cc1cc(N)cc(-c2ccc(C=O)nc2)c1C. The van der Waals surface area contributed by atoms with E-state index in [9.17, 15) is 4.79 Å². The Morgan fingerprint density at radius 3 is 2.59 bits per heavy atom. The lowest BCUT2D eigenvalue weighted by Gasteiger charge is -2.10. The van der Waals surface area contributed by atoms with Gasteiger partial charge in [-0.3, -0.25) is 9.78 Å². The Morgan fingerprint density at radius 2 is 2.00 bits per heavy atom. The Bertz CT molecular complexity index is 559. The van der Waals surface area contributed by atoms with E-state index in [1.54, 1.807) is 12.3 Å². The molecule has 0 amide bonds. The van der Waals surface area contributed by atoms with Crippen LogP contribution < -0.4 is 5.73 Å². The zero-order valence-corrected chi connectivity index (χ0v) is 9.90. The first-order chi connectivity index (χ1) is 8.11. The second kappa shape index (κ2) is 4.37. The molecule has 0 aliphatic rings. The van der Waals surface area contributed by atoms with Crippen molar-refractivity contribution in [2.24, 2.45) is 0 Å². The van der Waals surface area contributed by atoms with Crippen LogP contribution in [0.3, 0.4) is 0 Å². The molecule has 1 aromatic heterocycles. The summed E-state index contributed by atoms with van der Waals surface area (Å²) >= 11 is 0. The van der Waals surface area contributed by atoms with Crippen molar-refractivity contribution in [1.82, 2.24) is 4.98 Å². The Balaban J connectivity index is 2.55. The second-order valence-electron chi connectivity index (χ2n) is 4.10. The Morgan fingerprint density at radius 1 is 1.24 bits per heavy atom. The molecule has 2 rings (SSSR count). The zero-order valence-electron chi connectivity index (χ0n) is 9.90. The number of aryl methyl sites for hydroxylation is 1. The van der Waals surface area contributed by atoms with Crippen LogP contribution in [-0.2, 0) is 0 Å². The molecular formula is C14H14N2O. The second-order valence-corrected chi connectivity index (χ2v) is 4.10. The minimum atomic E-state index is 0.437. The average molecular weight is 226 g/mol. The molecule has 0 saturated carbocycles. The molecule has 1 aromatic carbocycles. The number of pyridine rings is 1. The molecule has 0 spiro atoms. The Kier molecular flexibility index (Phi) is 2.91. The molecule has 0 unspecified atom stereocenters. The van der Waals surface area contributed by atoms with Crippen molar-refractivity contribution >= 4 is 12.0 Å². The van der Waals surface area contributed by atoms with E-state index < -0.39 is 0 Å². The van der Waals surface area contributed by atoms with Gasteiger partial charge in [-0.2, -0.15) is 0 Å². The molecule has 0 saturated heterocycles. The summed E-state index contributed by atoms with van der Waals surface area (Å²) in [5.41, 5.74) is 11.4. The third-order valence-electron chi connectivity index (χ3n) is 2.91. The van der Waals surface area contributed by atoms with Crippen molar-refractivity contribution in [3.63, 3.8) is 0 Å². The monoisotopic (exact) mass is 226 g/mol. The molecule has 0 radical (unpaired) electrons. The van der Waals surface area contributed by atoms with E-state index in [0.29, 0.717) is 5.69 Å². The number of carbonyl (C=O) groups is 1. The van der Waals surface area contributed by atoms with Gasteiger partial charge in [0, 0.05) is 17.4 Å². The summed E-state index contributed by atoms with van der Waals surface area (Å²) in [5.74, 6) is 0. The van der Waals surface area contributed by atoms with Crippen molar-refractivity contribution in [3.8, 4) is 11.1 Å². The van der Waals surface area contributed by atoms with Gasteiger partial charge in [-0.05, 0) is 48.7 Å². The van der Waals surface area contributed by atoms with Crippen LogP contribution in [-0.4, -0.2) is 11.3 Å². The van der Waals surface area contributed by atoms with Gasteiger partial charge < -0.3 is 5.73 Å². The van der Waals surface area contributed by atoms with E-state index in [1.807, 2.05) is 25.1 Å². The van der Waals surface area contributed by atoms with Crippen LogP contribution in [0.25, 0.3) is 11.1 Å². The molecule has 3 nitrogen and oxygen atoms in total. The molecule has 0 fully saturated rings. The molecule has 3 heteroatoms. The molecule has 0 atom stereocenters. The van der Waals surface area contributed by atoms with E-state index in [4.69, 9.17) is 5.73 Å². The first-order valence-electron chi connectivity index (χ1n) is 5.40. The van der Waals surface area contributed by atoms with Crippen LogP contribution in [0.15, 0.2) is 30.5 Å². The van der Waals surface area contributed by atoms with Gasteiger partial charge >= 0.3 is 0 Å². The number of anilines is 1. The molecule has 2 aromatic rings. The van der Waals surface area contributed by atoms with Gasteiger partial charge in [0.1, 0.15) is 5.69 Å². The normalized spacial score (nSPS) is 10.2. The standard InChI is InChI=1S/C14H14N2O/c1-9-5-12(15)6-14(10(9)2)11-3-4-13(8-17)16-7-11/h3-8H,15H2,1-2H3. The largest absolute Gasteiger partial charge is 0.399 e. The highest BCUT2D eigenvalue weighted by molar-refractivity contribution is 5.75. The summed E-state index contributed by atoms with van der Waals surface area (Å²) in [5, 5.41) is 0. The first-order valence-corrected chi connectivity index (χ1v) is 5.40. The third-order valence-corrected chi connectivity index (χ3v) is 2.91. The fourth-order valence-electron chi connectivity index (χ4n) is 1.82. The molecule has 0 bridgehead atoms. The molecular weight excluding hydrogens is 212 g/mol. The average Bonchev–Trinajstić information content (AvgIpc) is 2.34. The third kappa shape index (κ3) is 2.18. The van der Waals surface area contributed by atoms with Crippen molar-refractivity contribution in [2.45, 2.75) is 13.8 Å². The number of rotatable bonds is 2. The lowest BCUT2D eigenvalue weighted by molar-refractivity contribution is 0.111. The van der Waals surface area contributed by atoms with Crippen molar-refractivity contribution in [1.29, 1.82) is 0 Å². The summed E-state index contributed by atoms with van der Waals surface area (Å²) in [7, 11) is 0. The topological polar surface area (TPSA) is 56.0 Å². The van der Waals surface area contributed by atoms with Crippen LogP contribution >= 0.6 is 0 Å². The van der Waals surface area contributed by atoms with Gasteiger partial charge in [0.15, 0.2) is 6.29 Å². The fraction of sp³-hybridized carbons (Fsp3) is 0.143. The molecule has 2 N–H and O–H groups in total.